The van der Waals surface area contributed by atoms with Crippen LogP contribution in [0.3, 0.4) is 0 Å². The number of fused-ring (bicyclic) bond motifs is 1. The fraction of sp³-hybridized carbons (Fsp3) is 0.364. The minimum absolute atomic E-state index is 0.109. The minimum Gasteiger partial charge on any atom is -0.396 e. The van der Waals surface area contributed by atoms with Gasteiger partial charge in [0, 0.05) is 30.0 Å². The lowest BCUT2D eigenvalue weighted by atomic mass is 10.1. The molecule has 0 spiro atoms. The molecule has 4 heteroatoms. The predicted molar refractivity (Wildman–Crippen MR) is 57.4 cm³/mol. The molecule has 0 radical (unpaired) electrons. The van der Waals surface area contributed by atoms with Crippen LogP contribution in [0.4, 0.5) is 0 Å². The molecule has 0 amide bonds. The summed E-state index contributed by atoms with van der Waals surface area (Å²) in [4.78, 5) is 7.16. The number of H-pyrrole nitrogens is 1. The Morgan fingerprint density at radius 2 is 2.33 bits per heavy atom. The van der Waals surface area contributed by atoms with Crippen LogP contribution in [0.2, 0.25) is 0 Å². The topological polar surface area (TPSA) is 69.1 Å². The van der Waals surface area contributed by atoms with Gasteiger partial charge in [0.2, 0.25) is 0 Å². The maximum Gasteiger partial charge on any atom is 0.137 e. The van der Waals surface area contributed by atoms with Crippen LogP contribution in [0.25, 0.3) is 11.0 Å². The van der Waals surface area contributed by atoms with E-state index in [0.717, 1.165) is 16.6 Å². The van der Waals surface area contributed by atoms with Crippen molar-refractivity contribution in [1.82, 2.24) is 9.97 Å². The number of nitrogens with one attached hydrogen (secondary N) is 1. The second-order valence-corrected chi connectivity index (χ2v) is 3.53. The van der Waals surface area contributed by atoms with E-state index in [2.05, 4.69) is 9.97 Å². The van der Waals surface area contributed by atoms with E-state index in [1.165, 1.54) is 0 Å². The molecule has 2 aromatic heterocycles. The summed E-state index contributed by atoms with van der Waals surface area (Å²) in [6.45, 7) is 0.109. The van der Waals surface area contributed by atoms with E-state index in [-0.39, 0.29) is 6.61 Å². The van der Waals surface area contributed by atoms with Crippen LogP contribution < -0.4 is 0 Å². The van der Waals surface area contributed by atoms with E-state index < -0.39 is 6.10 Å². The number of nitrogens with zero attached hydrogens (tertiary/aromatic N) is 1. The van der Waals surface area contributed by atoms with E-state index in [1.54, 1.807) is 12.4 Å². The number of pyridine rings is 1. The molecule has 4 nitrogen and oxygen atoms in total. The van der Waals surface area contributed by atoms with Crippen molar-refractivity contribution in [2.24, 2.45) is 0 Å². The zero-order valence-electron chi connectivity index (χ0n) is 8.35. The Morgan fingerprint density at radius 1 is 1.47 bits per heavy atom. The molecule has 2 rings (SSSR count). The molecular formula is C11H14N2O2. The summed E-state index contributed by atoms with van der Waals surface area (Å²) in [6.07, 6.45) is 4.13. The number of hydrogen-bond acceptors (Lipinski definition) is 3. The van der Waals surface area contributed by atoms with Crippen LogP contribution in [0, 0.1) is 0 Å². The first kappa shape index (κ1) is 10.1. The van der Waals surface area contributed by atoms with Crippen LogP contribution in [0.5, 0.6) is 0 Å². The number of aromatic amines is 1. The summed E-state index contributed by atoms with van der Waals surface area (Å²) in [5, 5.41) is 19.5. The van der Waals surface area contributed by atoms with Gasteiger partial charge >= 0.3 is 0 Å². The highest BCUT2D eigenvalue weighted by Gasteiger charge is 2.12. The Morgan fingerprint density at radius 3 is 3.13 bits per heavy atom. The minimum atomic E-state index is -0.532. The Bertz CT molecular complexity index is 439. The van der Waals surface area contributed by atoms with Crippen LogP contribution >= 0.6 is 0 Å². The van der Waals surface area contributed by atoms with Gasteiger partial charge in [-0.1, -0.05) is 0 Å². The molecule has 2 aromatic rings. The summed E-state index contributed by atoms with van der Waals surface area (Å²) in [7, 11) is 0. The Kier molecular flexibility index (Phi) is 2.99. The van der Waals surface area contributed by atoms with Crippen molar-refractivity contribution in [1.29, 1.82) is 0 Å². The van der Waals surface area contributed by atoms with Gasteiger partial charge < -0.3 is 15.2 Å². The summed E-state index contributed by atoms with van der Waals surface area (Å²) in [5.41, 5.74) is 1.64. The van der Waals surface area contributed by atoms with Crippen molar-refractivity contribution < 1.29 is 10.2 Å². The molecule has 0 saturated heterocycles. The highest BCUT2D eigenvalue weighted by atomic mass is 16.3. The molecular weight excluding hydrogens is 192 g/mol. The first-order valence-corrected chi connectivity index (χ1v) is 5.04. The molecule has 0 fully saturated rings. The number of aliphatic hydroxyl groups excluding tert-OH is 2. The molecule has 80 valence electrons. The van der Waals surface area contributed by atoms with Crippen LogP contribution in [0.1, 0.15) is 24.5 Å². The van der Waals surface area contributed by atoms with Crippen molar-refractivity contribution in [3.8, 4) is 0 Å². The number of aromatic nitrogens is 2. The van der Waals surface area contributed by atoms with Crippen LogP contribution in [-0.4, -0.2) is 26.8 Å². The van der Waals surface area contributed by atoms with E-state index in [9.17, 15) is 5.11 Å². The summed E-state index contributed by atoms with van der Waals surface area (Å²) >= 11 is 0. The van der Waals surface area contributed by atoms with Crippen molar-refractivity contribution in [3.05, 3.63) is 30.1 Å². The monoisotopic (exact) mass is 206 g/mol. The van der Waals surface area contributed by atoms with Gasteiger partial charge in [0.15, 0.2) is 0 Å². The molecule has 1 atom stereocenters. The third-order valence-electron chi connectivity index (χ3n) is 2.48. The van der Waals surface area contributed by atoms with Crippen molar-refractivity contribution >= 4 is 11.0 Å². The summed E-state index contributed by atoms with van der Waals surface area (Å²) in [6, 6.07) is 3.77. The molecule has 0 aliphatic rings. The second kappa shape index (κ2) is 4.42. The predicted octanol–water partition coefficient (Wildman–Crippen LogP) is 1.37. The SMILES string of the molecule is OCCCC(O)c1c[nH]c2ncccc12. The third-order valence-corrected chi connectivity index (χ3v) is 2.48. The molecule has 15 heavy (non-hydrogen) atoms. The van der Waals surface area contributed by atoms with Gasteiger partial charge in [0.1, 0.15) is 5.65 Å². The summed E-state index contributed by atoms with van der Waals surface area (Å²) in [5.74, 6) is 0. The fourth-order valence-electron chi connectivity index (χ4n) is 1.69. The first-order chi connectivity index (χ1) is 7.33. The van der Waals surface area contributed by atoms with E-state index in [4.69, 9.17) is 5.11 Å². The molecule has 0 aliphatic carbocycles. The Labute approximate surface area is 87.6 Å². The van der Waals surface area contributed by atoms with E-state index in [0.29, 0.717) is 12.8 Å². The average molecular weight is 206 g/mol. The van der Waals surface area contributed by atoms with Gasteiger partial charge in [-0.2, -0.15) is 0 Å². The maximum atomic E-state index is 9.88. The molecule has 0 saturated carbocycles. The zero-order valence-corrected chi connectivity index (χ0v) is 8.35. The Balaban J connectivity index is 2.27. The quantitative estimate of drug-likeness (QED) is 0.707. The number of aliphatic hydroxyl groups is 2. The first-order valence-electron chi connectivity index (χ1n) is 5.04. The van der Waals surface area contributed by atoms with Crippen molar-refractivity contribution in [2.45, 2.75) is 18.9 Å². The largest absolute Gasteiger partial charge is 0.396 e. The van der Waals surface area contributed by atoms with Gasteiger partial charge in [0.05, 0.1) is 6.10 Å². The smallest absolute Gasteiger partial charge is 0.137 e. The molecule has 3 N–H and O–H groups in total. The third kappa shape index (κ3) is 2.00. The average Bonchev–Trinajstić information content (AvgIpc) is 2.69. The van der Waals surface area contributed by atoms with Gasteiger partial charge in [0.25, 0.3) is 0 Å². The number of hydrogen-bond donors (Lipinski definition) is 3. The van der Waals surface area contributed by atoms with Gasteiger partial charge in [-0.05, 0) is 25.0 Å². The highest BCUT2D eigenvalue weighted by molar-refractivity contribution is 5.79. The lowest BCUT2D eigenvalue weighted by molar-refractivity contribution is 0.153. The molecule has 0 bridgehead atoms. The van der Waals surface area contributed by atoms with Crippen LogP contribution in [0.15, 0.2) is 24.5 Å². The van der Waals surface area contributed by atoms with E-state index >= 15 is 0 Å². The van der Waals surface area contributed by atoms with Gasteiger partial charge in [-0.3, -0.25) is 0 Å². The second-order valence-electron chi connectivity index (χ2n) is 3.53. The highest BCUT2D eigenvalue weighted by Crippen LogP contribution is 2.25. The number of rotatable bonds is 4. The molecule has 2 heterocycles. The van der Waals surface area contributed by atoms with Gasteiger partial charge in [-0.25, -0.2) is 4.98 Å². The van der Waals surface area contributed by atoms with Crippen molar-refractivity contribution in [3.63, 3.8) is 0 Å². The lowest BCUT2D eigenvalue weighted by Gasteiger charge is -2.07. The summed E-state index contributed by atoms with van der Waals surface area (Å²) < 4.78 is 0. The normalized spacial score (nSPS) is 13.2. The van der Waals surface area contributed by atoms with Gasteiger partial charge in [-0.15, -0.1) is 0 Å². The van der Waals surface area contributed by atoms with E-state index in [1.807, 2.05) is 12.1 Å². The van der Waals surface area contributed by atoms with Crippen LogP contribution in [-0.2, 0) is 0 Å². The fourth-order valence-corrected chi connectivity index (χ4v) is 1.69. The molecule has 1 unspecified atom stereocenters. The Hall–Kier alpha value is -1.39. The van der Waals surface area contributed by atoms with Crippen molar-refractivity contribution in [2.75, 3.05) is 6.61 Å². The lowest BCUT2D eigenvalue weighted by Crippen LogP contribution is -1.97. The molecule has 0 aliphatic heterocycles. The molecule has 0 aromatic carbocycles. The zero-order chi connectivity index (χ0) is 10.7. The standard InChI is InChI=1S/C11H14N2O2/c14-6-2-4-10(15)9-7-13-11-8(9)3-1-5-12-11/h1,3,5,7,10,14-15H,2,4,6H2,(H,12,13). The maximum absolute atomic E-state index is 9.88.